The summed E-state index contributed by atoms with van der Waals surface area (Å²) in [5.74, 6) is -0.345. The Bertz CT molecular complexity index is 620. The highest BCUT2D eigenvalue weighted by Gasteiger charge is 2.25. The third-order valence-corrected chi connectivity index (χ3v) is 3.77. The van der Waals surface area contributed by atoms with Crippen LogP contribution in [-0.2, 0) is 4.74 Å². The van der Waals surface area contributed by atoms with Crippen LogP contribution in [0.15, 0.2) is 24.5 Å². The van der Waals surface area contributed by atoms with E-state index in [1.165, 1.54) is 13.5 Å². The predicted molar refractivity (Wildman–Crippen MR) is 71.1 cm³/mol. The molecule has 5 nitrogen and oxygen atoms in total. The molecule has 1 aliphatic heterocycles. The van der Waals surface area contributed by atoms with Gasteiger partial charge in [-0.25, -0.2) is 9.78 Å². The van der Waals surface area contributed by atoms with Crippen molar-refractivity contribution in [2.45, 2.75) is 18.9 Å². The third-order valence-electron chi connectivity index (χ3n) is 3.77. The second kappa shape index (κ2) is 4.66. The predicted octanol–water partition coefficient (Wildman–Crippen LogP) is 1.89. The summed E-state index contributed by atoms with van der Waals surface area (Å²) >= 11 is 0. The van der Waals surface area contributed by atoms with E-state index in [9.17, 15) is 4.79 Å². The molecule has 2 aromatic rings. The summed E-state index contributed by atoms with van der Waals surface area (Å²) in [7, 11) is 3.50. The zero-order valence-corrected chi connectivity index (χ0v) is 11.2. The van der Waals surface area contributed by atoms with E-state index in [0.717, 1.165) is 18.7 Å². The lowest BCUT2D eigenvalue weighted by atomic mass is 10.2. The van der Waals surface area contributed by atoms with Crippen molar-refractivity contribution in [3.05, 3.63) is 35.8 Å². The lowest BCUT2D eigenvalue weighted by Crippen LogP contribution is -2.17. The van der Waals surface area contributed by atoms with Crippen LogP contribution in [0.4, 0.5) is 0 Å². The van der Waals surface area contributed by atoms with E-state index >= 15 is 0 Å². The molecule has 0 amide bonds. The Morgan fingerprint density at radius 2 is 2.37 bits per heavy atom. The monoisotopic (exact) mass is 259 g/mol. The van der Waals surface area contributed by atoms with Crippen molar-refractivity contribution in [1.82, 2.24) is 14.3 Å². The molecular formula is C14H17N3O2. The largest absolute Gasteiger partial charge is 0.465 e. The summed E-state index contributed by atoms with van der Waals surface area (Å²) in [6.07, 6.45) is 6.23. The molecule has 1 atom stereocenters. The highest BCUT2D eigenvalue weighted by atomic mass is 16.5. The number of ether oxygens (including phenoxy) is 1. The molecule has 0 bridgehead atoms. The number of fused-ring (bicyclic) bond motifs is 1. The molecule has 3 rings (SSSR count). The standard InChI is InChI=1S/C14H17N3O2/c1-16-7-4-6-12(16)11-9-17-8-3-5-10(13(17)15-11)14(18)19-2/h3,5,8-9,12H,4,6-7H2,1-2H3. The molecule has 0 spiro atoms. The summed E-state index contributed by atoms with van der Waals surface area (Å²) in [6, 6.07) is 3.93. The van der Waals surface area contributed by atoms with Gasteiger partial charge in [-0.05, 0) is 38.6 Å². The average Bonchev–Trinajstić information content (AvgIpc) is 3.02. The molecule has 0 aromatic carbocycles. The first-order chi connectivity index (χ1) is 9.20. The van der Waals surface area contributed by atoms with Crippen LogP contribution in [0.5, 0.6) is 0 Å². The Labute approximate surface area is 111 Å². The number of rotatable bonds is 2. The molecule has 1 saturated heterocycles. The molecule has 3 heterocycles. The molecular weight excluding hydrogens is 242 g/mol. The van der Waals surface area contributed by atoms with Crippen LogP contribution in [0.3, 0.4) is 0 Å². The number of imidazole rings is 1. The van der Waals surface area contributed by atoms with Gasteiger partial charge in [0, 0.05) is 12.4 Å². The first kappa shape index (κ1) is 12.2. The molecule has 100 valence electrons. The fourth-order valence-corrected chi connectivity index (χ4v) is 2.75. The highest BCUT2D eigenvalue weighted by molar-refractivity contribution is 5.95. The molecule has 1 unspecified atom stereocenters. The van der Waals surface area contributed by atoms with Gasteiger partial charge in [0.05, 0.1) is 18.8 Å². The fraction of sp³-hybridized carbons (Fsp3) is 0.429. The number of pyridine rings is 1. The van der Waals surface area contributed by atoms with Gasteiger partial charge in [0.2, 0.25) is 0 Å². The molecule has 2 aromatic heterocycles. The van der Waals surface area contributed by atoms with Gasteiger partial charge in [0.25, 0.3) is 0 Å². The first-order valence-corrected chi connectivity index (χ1v) is 6.47. The van der Waals surface area contributed by atoms with Gasteiger partial charge in [-0.2, -0.15) is 0 Å². The lowest BCUT2D eigenvalue weighted by Gasteiger charge is -2.16. The SMILES string of the molecule is COC(=O)c1cccn2cc(C3CCCN3C)nc12. The van der Waals surface area contributed by atoms with E-state index in [1.807, 2.05) is 22.9 Å². The van der Waals surface area contributed by atoms with Crippen molar-refractivity contribution in [3.63, 3.8) is 0 Å². The summed E-state index contributed by atoms with van der Waals surface area (Å²) in [5, 5.41) is 0. The molecule has 5 heteroatoms. The second-order valence-corrected chi connectivity index (χ2v) is 4.95. The summed E-state index contributed by atoms with van der Waals surface area (Å²) < 4.78 is 6.69. The van der Waals surface area contributed by atoms with Gasteiger partial charge < -0.3 is 9.14 Å². The molecule has 1 aliphatic rings. The van der Waals surface area contributed by atoms with Crippen molar-refractivity contribution in [2.75, 3.05) is 20.7 Å². The van der Waals surface area contributed by atoms with Crippen LogP contribution in [-0.4, -0.2) is 41.0 Å². The quantitative estimate of drug-likeness (QED) is 0.773. The number of carbonyl (C=O) groups is 1. The van der Waals surface area contributed by atoms with Crippen molar-refractivity contribution in [3.8, 4) is 0 Å². The van der Waals surface area contributed by atoms with Crippen LogP contribution in [0, 0.1) is 0 Å². The topological polar surface area (TPSA) is 46.8 Å². The molecule has 0 aliphatic carbocycles. The van der Waals surface area contributed by atoms with Gasteiger partial charge in [-0.15, -0.1) is 0 Å². The summed E-state index contributed by atoms with van der Waals surface area (Å²) in [6.45, 7) is 1.10. The fourth-order valence-electron chi connectivity index (χ4n) is 2.75. The van der Waals surface area contributed by atoms with Crippen LogP contribution >= 0.6 is 0 Å². The zero-order chi connectivity index (χ0) is 13.4. The number of methoxy groups -OCH3 is 1. The second-order valence-electron chi connectivity index (χ2n) is 4.95. The minimum Gasteiger partial charge on any atom is -0.465 e. The Hall–Kier alpha value is -1.88. The number of likely N-dealkylation sites (tertiary alicyclic amines) is 1. The van der Waals surface area contributed by atoms with E-state index in [2.05, 4.69) is 16.9 Å². The number of hydrogen-bond acceptors (Lipinski definition) is 4. The number of esters is 1. The van der Waals surface area contributed by atoms with Crippen LogP contribution in [0.1, 0.15) is 34.9 Å². The molecule has 0 saturated carbocycles. The van der Waals surface area contributed by atoms with Crippen molar-refractivity contribution in [1.29, 1.82) is 0 Å². The maximum Gasteiger partial charge on any atom is 0.341 e. The van der Waals surface area contributed by atoms with Crippen molar-refractivity contribution >= 4 is 11.6 Å². The van der Waals surface area contributed by atoms with Gasteiger partial charge >= 0.3 is 5.97 Å². The highest BCUT2D eigenvalue weighted by Crippen LogP contribution is 2.30. The Morgan fingerprint density at radius 1 is 1.53 bits per heavy atom. The lowest BCUT2D eigenvalue weighted by molar-refractivity contribution is 0.0602. The minimum absolute atomic E-state index is 0.345. The molecule has 0 N–H and O–H groups in total. The van der Waals surface area contributed by atoms with E-state index < -0.39 is 0 Å². The van der Waals surface area contributed by atoms with Crippen LogP contribution in [0.25, 0.3) is 5.65 Å². The van der Waals surface area contributed by atoms with Gasteiger partial charge in [-0.3, -0.25) is 4.90 Å². The van der Waals surface area contributed by atoms with Crippen molar-refractivity contribution in [2.24, 2.45) is 0 Å². The molecule has 0 radical (unpaired) electrons. The summed E-state index contributed by atoms with van der Waals surface area (Å²) in [5.41, 5.74) is 2.21. The maximum atomic E-state index is 11.7. The van der Waals surface area contributed by atoms with Gasteiger partial charge in [-0.1, -0.05) is 0 Å². The number of hydrogen-bond donors (Lipinski definition) is 0. The van der Waals surface area contributed by atoms with E-state index in [0.29, 0.717) is 17.3 Å². The first-order valence-electron chi connectivity index (χ1n) is 6.47. The van der Waals surface area contributed by atoms with E-state index in [1.54, 1.807) is 6.07 Å². The number of carbonyl (C=O) groups excluding carboxylic acids is 1. The normalized spacial score (nSPS) is 20.0. The van der Waals surface area contributed by atoms with Crippen LogP contribution in [0.2, 0.25) is 0 Å². The van der Waals surface area contributed by atoms with Crippen LogP contribution < -0.4 is 0 Å². The Balaban J connectivity index is 2.07. The summed E-state index contributed by atoms with van der Waals surface area (Å²) in [4.78, 5) is 18.7. The number of nitrogens with zero attached hydrogens (tertiary/aromatic N) is 3. The Morgan fingerprint density at radius 3 is 3.05 bits per heavy atom. The maximum absolute atomic E-state index is 11.7. The van der Waals surface area contributed by atoms with Gasteiger partial charge in [0.1, 0.15) is 5.56 Å². The number of aromatic nitrogens is 2. The minimum atomic E-state index is -0.345. The molecule has 19 heavy (non-hydrogen) atoms. The third kappa shape index (κ3) is 2.00. The van der Waals surface area contributed by atoms with Crippen molar-refractivity contribution < 1.29 is 9.53 Å². The average molecular weight is 259 g/mol. The Kier molecular flexibility index (Phi) is 2.98. The van der Waals surface area contributed by atoms with E-state index in [-0.39, 0.29) is 5.97 Å². The van der Waals surface area contributed by atoms with E-state index in [4.69, 9.17) is 4.74 Å². The smallest absolute Gasteiger partial charge is 0.341 e. The molecule has 1 fully saturated rings. The van der Waals surface area contributed by atoms with Gasteiger partial charge in [0.15, 0.2) is 5.65 Å². The zero-order valence-electron chi connectivity index (χ0n) is 11.2.